The number of aromatic nitrogens is 2. The molecule has 12 N–H and O–H groups in total. The fraction of sp³-hybridized carbons (Fsp3) is 0.391. The summed E-state index contributed by atoms with van der Waals surface area (Å²) < 4.78 is 32.5. The average molecular weight is 955 g/mol. The Labute approximate surface area is 394 Å². The molecule has 1 aromatic heterocycles. The molecule has 0 saturated heterocycles. The van der Waals surface area contributed by atoms with Gasteiger partial charge in [-0.2, -0.15) is 18.4 Å². The van der Waals surface area contributed by atoms with Gasteiger partial charge in [-0.15, -0.1) is 0 Å². The molecule has 0 aliphatic carbocycles. The standard InChI is InChI=1S/C46H58N12O9S/c1-24-37(25(2)54-40(53-24)28-9-11-31(12-10-28)46(4,5)6)43(62)57-35(23-52-68(50,65)66)45(64)58(7)38-29-20-30(22-49)39(59)33(21-29)32-18-27(8-13-36(32)67-17-15-48)19-34(42(61)51-16-14-47)56-41(60)26(3)55-44(38)63/h8-13,18,20-21,26,34-35,38,52,59H,15-17,19,22-23,48-49H2,1-7H3,(H,51,61)(H,55,63)(H,56,60)(H,57,62)(H2,50,65,66)/t26-,34-,35-,38-/m0/s1. The first-order valence-electron chi connectivity index (χ1n) is 21.6. The number of aromatic hydroxyl groups is 1. The number of carbonyl (C=O) groups is 5. The number of nitrogens with one attached hydrogen (secondary N) is 5. The van der Waals surface area contributed by atoms with Crippen LogP contribution in [0.1, 0.15) is 77.7 Å². The van der Waals surface area contributed by atoms with Crippen molar-refractivity contribution in [2.45, 2.75) is 84.1 Å². The number of amides is 5. The van der Waals surface area contributed by atoms with E-state index in [-0.39, 0.29) is 88.8 Å². The zero-order valence-electron chi connectivity index (χ0n) is 38.9. The molecule has 1 aliphatic heterocycles. The number of phenolic OH excluding ortho intramolecular Hbond substituents is 1. The molecule has 22 heteroatoms. The molecule has 0 radical (unpaired) electrons. The molecule has 4 aromatic rings. The van der Waals surface area contributed by atoms with Crippen LogP contribution in [0, 0.1) is 25.2 Å². The molecule has 0 saturated carbocycles. The first-order chi connectivity index (χ1) is 32.0. The molecule has 362 valence electrons. The van der Waals surface area contributed by atoms with Crippen LogP contribution >= 0.6 is 0 Å². The molecule has 4 atom stereocenters. The van der Waals surface area contributed by atoms with Crippen molar-refractivity contribution in [2.24, 2.45) is 16.6 Å². The van der Waals surface area contributed by atoms with Crippen LogP contribution in [-0.2, 0) is 47.8 Å². The number of ether oxygens (including phenoxy) is 1. The van der Waals surface area contributed by atoms with Gasteiger partial charge in [0.2, 0.25) is 23.6 Å². The normalized spacial score (nSPS) is 16.8. The van der Waals surface area contributed by atoms with Crippen LogP contribution in [-0.4, -0.2) is 109 Å². The molecule has 68 heavy (non-hydrogen) atoms. The van der Waals surface area contributed by atoms with Crippen molar-refractivity contribution in [1.82, 2.24) is 40.9 Å². The largest absolute Gasteiger partial charge is 0.507 e. The zero-order valence-corrected chi connectivity index (χ0v) is 39.7. The van der Waals surface area contributed by atoms with Crippen LogP contribution in [0.2, 0.25) is 0 Å². The maximum absolute atomic E-state index is 14.8. The van der Waals surface area contributed by atoms with Gasteiger partial charge in [-0.3, -0.25) is 24.0 Å². The number of nitriles is 1. The van der Waals surface area contributed by atoms with Crippen molar-refractivity contribution in [1.29, 1.82) is 5.26 Å². The van der Waals surface area contributed by atoms with E-state index < -0.39 is 70.5 Å². The Hall–Kier alpha value is -7.03. The molecule has 2 heterocycles. The highest BCUT2D eigenvalue weighted by Gasteiger charge is 2.37. The molecule has 1 aliphatic rings. The fourth-order valence-electron chi connectivity index (χ4n) is 7.64. The Bertz CT molecular complexity index is 2710. The predicted octanol–water partition coefficient (Wildman–Crippen LogP) is 0.503. The van der Waals surface area contributed by atoms with Crippen molar-refractivity contribution in [3.05, 3.63) is 93.8 Å². The van der Waals surface area contributed by atoms with Gasteiger partial charge in [-0.25, -0.2) is 15.1 Å². The lowest BCUT2D eigenvalue weighted by Crippen LogP contribution is -2.57. The van der Waals surface area contributed by atoms with Crippen molar-refractivity contribution in [3.8, 4) is 40.1 Å². The van der Waals surface area contributed by atoms with Gasteiger partial charge in [0.05, 0.1) is 23.0 Å². The van der Waals surface area contributed by atoms with Gasteiger partial charge in [-0.1, -0.05) is 51.1 Å². The summed E-state index contributed by atoms with van der Waals surface area (Å²) >= 11 is 0. The Morgan fingerprint density at radius 3 is 2.25 bits per heavy atom. The van der Waals surface area contributed by atoms with Crippen molar-refractivity contribution in [2.75, 3.05) is 33.3 Å². The Morgan fingerprint density at radius 1 is 1.00 bits per heavy atom. The van der Waals surface area contributed by atoms with E-state index in [0.29, 0.717) is 17.0 Å². The third-order valence-electron chi connectivity index (χ3n) is 11.2. The number of phenols is 1. The minimum absolute atomic E-state index is 0.00282. The monoisotopic (exact) mass is 954 g/mol. The minimum Gasteiger partial charge on any atom is -0.507 e. The van der Waals surface area contributed by atoms with Crippen LogP contribution in [0.15, 0.2) is 54.6 Å². The van der Waals surface area contributed by atoms with E-state index in [0.717, 1.165) is 10.5 Å². The van der Waals surface area contributed by atoms with Gasteiger partial charge >= 0.3 is 0 Å². The molecule has 4 bridgehead atoms. The second kappa shape index (κ2) is 21.7. The van der Waals surface area contributed by atoms with E-state index in [4.69, 9.17) is 26.6 Å². The summed E-state index contributed by atoms with van der Waals surface area (Å²) in [6, 6.07) is 11.1. The van der Waals surface area contributed by atoms with Crippen molar-refractivity contribution in [3.63, 3.8) is 0 Å². The van der Waals surface area contributed by atoms with Crippen LogP contribution in [0.25, 0.3) is 22.5 Å². The third kappa shape index (κ3) is 12.5. The van der Waals surface area contributed by atoms with Crippen LogP contribution in [0.5, 0.6) is 11.5 Å². The summed E-state index contributed by atoms with van der Waals surface area (Å²) in [5, 5.41) is 36.4. The van der Waals surface area contributed by atoms with Crippen molar-refractivity contribution >= 4 is 39.7 Å². The van der Waals surface area contributed by atoms with Crippen LogP contribution in [0.4, 0.5) is 0 Å². The summed E-state index contributed by atoms with van der Waals surface area (Å²) in [6.07, 6.45) is -0.0989. The Balaban J connectivity index is 1.62. The molecular weight excluding hydrogens is 897 g/mol. The number of hydrogen-bond acceptors (Lipinski definition) is 14. The van der Waals surface area contributed by atoms with Crippen LogP contribution < -0.4 is 47.3 Å². The molecule has 5 amide bonds. The lowest BCUT2D eigenvalue weighted by molar-refractivity contribution is -0.141. The number of nitrogens with two attached hydrogens (primary N) is 3. The SMILES string of the molecule is Cc1nc(-c2ccc(C(C)(C)C)cc2)nc(C)c1C(=O)N[C@@H](CNS(N)(=O)=O)C(=O)N(C)[C@@H]1C(=O)N[C@@H](C)C(=O)N[C@H](C(=O)NCC#N)Cc2ccc(OCCN)c(c2)-c2cc1cc(CN)c2O. The summed E-state index contributed by atoms with van der Waals surface area (Å²) in [5.74, 6) is -4.05. The van der Waals surface area contributed by atoms with Gasteiger partial charge in [0.15, 0.2) is 5.82 Å². The Kier molecular flexibility index (Phi) is 16.6. The second-order valence-electron chi connectivity index (χ2n) is 17.3. The first-order valence-corrected chi connectivity index (χ1v) is 23.1. The van der Waals surface area contributed by atoms with Gasteiger partial charge < -0.3 is 47.5 Å². The second-order valence-corrected chi connectivity index (χ2v) is 18.7. The summed E-state index contributed by atoms with van der Waals surface area (Å²) in [7, 11) is -3.24. The topological polar surface area (TPSA) is 340 Å². The lowest BCUT2D eigenvalue weighted by atomic mass is 9.86. The van der Waals surface area contributed by atoms with Gasteiger partial charge in [0.25, 0.3) is 16.1 Å². The van der Waals surface area contributed by atoms with E-state index in [1.807, 2.05) is 35.1 Å². The predicted molar refractivity (Wildman–Crippen MR) is 251 cm³/mol. The average Bonchev–Trinajstić information content (AvgIpc) is 3.27. The number of rotatable bonds is 14. The number of fused-ring (bicyclic) bond motifs is 5. The van der Waals surface area contributed by atoms with E-state index in [1.54, 1.807) is 32.0 Å². The molecule has 0 spiro atoms. The number of carbonyl (C=O) groups excluding carboxylic acids is 5. The summed E-state index contributed by atoms with van der Waals surface area (Å²) in [6.45, 7) is 9.52. The van der Waals surface area contributed by atoms with Gasteiger partial charge in [-0.05, 0) is 67.1 Å². The highest BCUT2D eigenvalue weighted by atomic mass is 32.2. The molecule has 0 unspecified atom stereocenters. The minimum atomic E-state index is -4.46. The zero-order chi connectivity index (χ0) is 50.2. The maximum Gasteiger partial charge on any atom is 0.274 e. The molecule has 5 rings (SSSR count). The van der Waals surface area contributed by atoms with E-state index >= 15 is 0 Å². The number of hydrogen-bond donors (Lipinski definition) is 9. The van der Waals surface area contributed by atoms with E-state index in [9.17, 15) is 37.5 Å². The Morgan fingerprint density at radius 2 is 1.66 bits per heavy atom. The smallest absolute Gasteiger partial charge is 0.274 e. The van der Waals surface area contributed by atoms with Gasteiger partial charge in [0, 0.05) is 55.4 Å². The maximum atomic E-state index is 14.8. The number of likely N-dealkylation sites (N-methyl/N-ethyl adjacent to an activating group) is 1. The molecular formula is C46H58N12O9S. The highest BCUT2D eigenvalue weighted by molar-refractivity contribution is 7.87. The molecule has 0 fully saturated rings. The van der Waals surface area contributed by atoms with Crippen LogP contribution in [0.3, 0.4) is 0 Å². The molecule has 21 nitrogen and oxygen atoms in total. The quantitative estimate of drug-likeness (QED) is 0.0778. The molecule has 3 aromatic carbocycles. The number of benzene rings is 3. The summed E-state index contributed by atoms with van der Waals surface area (Å²) in [5.41, 5.74) is 15.1. The van der Waals surface area contributed by atoms with Gasteiger partial charge in [0.1, 0.15) is 48.8 Å². The number of nitrogens with zero attached hydrogens (tertiary/aromatic N) is 4. The fourth-order valence-corrected chi connectivity index (χ4v) is 8.04. The highest BCUT2D eigenvalue weighted by Crippen LogP contribution is 2.41. The first kappa shape index (κ1) is 51.9. The number of aryl methyl sites for hydroxylation is 2. The van der Waals surface area contributed by atoms with E-state index in [2.05, 4.69) is 52.0 Å². The van der Waals surface area contributed by atoms with Crippen molar-refractivity contribution < 1.29 is 42.2 Å². The third-order valence-corrected chi connectivity index (χ3v) is 11.8. The summed E-state index contributed by atoms with van der Waals surface area (Å²) in [4.78, 5) is 80.8. The van der Waals surface area contributed by atoms with E-state index in [1.165, 1.54) is 26.1 Å². The lowest BCUT2D eigenvalue weighted by Gasteiger charge is -2.33.